The van der Waals surface area contributed by atoms with Gasteiger partial charge in [-0.25, -0.2) is 0 Å². The molecule has 0 spiro atoms. The molecular weight excluding hydrogens is 248 g/mol. The Balaban J connectivity index is 2.84. The van der Waals surface area contributed by atoms with E-state index in [0.717, 1.165) is 0 Å². The molecule has 0 aliphatic carbocycles. The first kappa shape index (κ1) is 16.2. The molecule has 106 valence electrons. The largest absolute Gasteiger partial charge is 0.373 e. The van der Waals surface area contributed by atoms with E-state index in [0.29, 0.717) is 13.2 Å². The summed E-state index contributed by atoms with van der Waals surface area (Å²) in [6.07, 6.45) is 1.81. The number of rotatable bonds is 9. The summed E-state index contributed by atoms with van der Waals surface area (Å²) in [6, 6.07) is 14.2. The maximum atomic E-state index is 5.62. The molecule has 1 rings (SSSR count). The summed E-state index contributed by atoms with van der Waals surface area (Å²) in [6.45, 7) is 12.2. The summed E-state index contributed by atoms with van der Waals surface area (Å²) in [7, 11) is -1.11. The van der Waals surface area contributed by atoms with Gasteiger partial charge >= 0.3 is 0 Å². The van der Waals surface area contributed by atoms with Crippen molar-refractivity contribution in [2.45, 2.75) is 51.6 Å². The highest BCUT2D eigenvalue weighted by Gasteiger charge is 2.27. The van der Waals surface area contributed by atoms with Crippen LogP contribution >= 0.6 is 0 Å². The molecule has 0 heterocycles. The molecule has 1 aromatic carbocycles. The standard InChI is InChI=1S/C17H28OSi/c1-5-13-18-14-16-11-9-10-12-17(16)15-19(6-2,7-3)8-4/h5,9-12H,1,6-8,13-15H2,2-4H3. The summed E-state index contributed by atoms with van der Waals surface area (Å²) in [4.78, 5) is 0. The molecule has 0 saturated carbocycles. The van der Waals surface area contributed by atoms with Crippen molar-refractivity contribution in [1.82, 2.24) is 0 Å². The first-order valence-electron chi connectivity index (χ1n) is 7.46. The van der Waals surface area contributed by atoms with Crippen LogP contribution in [0.25, 0.3) is 0 Å². The van der Waals surface area contributed by atoms with E-state index in [2.05, 4.69) is 51.6 Å². The predicted octanol–water partition coefficient (Wildman–Crippen LogP) is 4.98. The molecule has 0 atom stereocenters. The van der Waals surface area contributed by atoms with Crippen LogP contribution in [0, 0.1) is 0 Å². The first-order chi connectivity index (χ1) is 9.21. The van der Waals surface area contributed by atoms with Crippen molar-refractivity contribution < 1.29 is 4.74 Å². The average Bonchev–Trinajstić information content (AvgIpc) is 2.47. The Hall–Kier alpha value is -0.863. The van der Waals surface area contributed by atoms with Crippen molar-refractivity contribution >= 4 is 8.07 Å². The molecule has 1 aromatic rings. The minimum atomic E-state index is -1.11. The third-order valence-electron chi connectivity index (χ3n) is 4.43. The summed E-state index contributed by atoms with van der Waals surface area (Å²) in [5.41, 5.74) is 2.86. The van der Waals surface area contributed by atoms with Crippen molar-refractivity contribution in [3.8, 4) is 0 Å². The molecule has 0 bridgehead atoms. The molecule has 0 saturated heterocycles. The molecule has 0 unspecified atom stereocenters. The third kappa shape index (κ3) is 4.63. The number of ether oxygens (including phenoxy) is 1. The van der Waals surface area contributed by atoms with E-state index in [1.54, 1.807) is 0 Å². The van der Waals surface area contributed by atoms with Crippen molar-refractivity contribution in [3.05, 3.63) is 48.0 Å². The van der Waals surface area contributed by atoms with Crippen LogP contribution in [0.4, 0.5) is 0 Å². The normalized spacial score (nSPS) is 11.5. The van der Waals surface area contributed by atoms with Crippen LogP contribution < -0.4 is 0 Å². The zero-order valence-corrected chi connectivity index (χ0v) is 13.7. The van der Waals surface area contributed by atoms with Crippen LogP contribution in [0.2, 0.25) is 18.1 Å². The Kier molecular flexibility index (Phi) is 7.10. The molecule has 0 aliphatic heterocycles. The lowest BCUT2D eigenvalue weighted by molar-refractivity contribution is 0.148. The highest BCUT2D eigenvalue weighted by Crippen LogP contribution is 2.26. The minimum absolute atomic E-state index is 0.631. The quantitative estimate of drug-likeness (QED) is 0.351. The number of hydrogen-bond donors (Lipinski definition) is 0. The van der Waals surface area contributed by atoms with Gasteiger partial charge < -0.3 is 4.74 Å². The fourth-order valence-corrected chi connectivity index (χ4v) is 6.05. The van der Waals surface area contributed by atoms with Gasteiger partial charge in [-0.15, -0.1) is 6.58 Å². The molecule has 19 heavy (non-hydrogen) atoms. The van der Waals surface area contributed by atoms with E-state index in [-0.39, 0.29) is 0 Å². The number of benzene rings is 1. The Morgan fingerprint density at radius 2 is 1.63 bits per heavy atom. The van der Waals surface area contributed by atoms with Gasteiger partial charge in [-0.1, -0.05) is 69.2 Å². The highest BCUT2D eigenvalue weighted by molar-refractivity contribution is 6.79. The zero-order chi connectivity index (χ0) is 14.1. The van der Waals surface area contributed by atoms with E-state index < -0.39 is 8.07 Å². The Labute approximate surface area is 119 Å². The lowest BCUT2D eigenvalue weighted by Crippen LogP contribution is -2.35. The van der Waals surface area contributed by atoms with E-state index in [1.807, 2.05) is 6.08 Å². The van der Waals surface area contributed by atoms with Gasteiger partial charge in [0.05, 0.1) is 21.3 Å². The Bertz CT molecular complexity index is 374. The second-order valence-electron chi connectivity index (χ2n) is 5.31. The Morgan fingerprint density at radius 1 is 1.05 bits per heavy atom. The second-order valence-corrected chi connectivity index (χ2v) is 10.8. The molecule has 0 radical (unpaired) electrons. The smallest absolute Gasteiger partial charge is 0.0723 e. The fourth-order valence-electron chi connectivity index (χ4n) is 2.65. The maximum absolute atomic E-state index is 5.62. The van der Waals surface area contributed by atoms with Crippen LogP contribution in [0.15, 0.2) is 36.9 Å². The molecule has 2 heteroatoms. The summed E-state index contributed by atoms with van der Waals surface area (Å²) in [5, 5.41) is 0. The van der Waals surface area contributed by atoms with Gasteiger partial charge in [0.15, 0.2) is 0 Å². The fraction of sp³-hybridized carbons (Fsp3) is 0.529. The Morgan fingerprint density at radius 3 is 2.16 bits per heavy atom. The number of hydrogen-bond acceptors (Lipinski definition) is 1. The van der Waals surface area contributed by atoms with Crippen molar-refractivity contribution in [3.63, 3.8) is 0 Å². The molecule has 0 amide bonds. The van der Waals surface area contributed by atoms with Crippen LogP contribution in [0.1, 0.15) is 31.9 Å². The van der Waals surface area contributed by atoms with Crippen molar-refractivity contribution in [1.29, 1.82) is 0 Å². The van der Waals surface area contributed by atoms with E-state index in [4.69, 9.17) is 4.74 Å². The van der Waals surface area contributed by atoms with Gasteiger partial charge in [0.25, 0.3) is 0 Å². The van der Waals surface area contributed by atoms with Gasteiger partial charge in [0.2, 0.25) is 0 Å². The molecule has 0 fully saturated rings. The van der Waals surface area contributed by atoms with E-state index in [1.165, 1.54) is 35.3 Å². The highest BCUT2D eigenvalue weighted by atomic mass is 28.3. The molecule has 0 aliphatic rings. The summed E-state index contributed by atoms with van der Waals surface area (Å²) < 4.78 is 5.62. The molecule has 1 nitrogen and oxygen atoms in total. The van der Waals surface area contributed by atoms with E-state index >= 15 is 0 Å². The van der Waals surface area contributed by atoms with Gasteiger partial charge in [-0.05, 0) is 17.2 Å². The monoisotopic (exact) mass is 276 g/mol. The van der Waals surface area contributed by atoms with Crippen LogP contribution in [0.5, 0.6) is 0 Å². The van der Waals surface area contributed by atoms with Crippen LogP contribution in [-0.4, -0.2) is 14.7 Å². The lowest BCUT2D eigenvalue weighted by Gasteiger charge is -2.29. The third-order valence-corrected chi connectivity index (χ3v) is 10.1. The van der Waals surface area contributed by atoms with Crippen LogP contribution in [-0.2, 0) is 17.4 Å². The molecule has 0 aromatic heterocycles. The maximum Gasteiger partial charge on any atom is 0.0723 e. The van der Waals surface area contributed by atoms with Gasteiger partial charge in [-0.2, -0.15) is 0 Å². The predicted molar refractivity (Wildman–Crippen MR) is 87.2 cm³/mol. The second kappa shape index (κ2) is 8.34. The van der Waals surface area contributed by atoms with Gasteiger partial charge in [-0.3, -0.25) is 0 Å². The SMILES string of the molecule is C=CCOCc1ccccc1C[Si](CC)(CC)CC. The van der Waals surface area contributed by atoms with Crippen molar-refractivity contribution in [2.24, 2.45) is 0 Å². The molecule has 0 N–H and O–H groups in total. The first-order valence-corrected chi connectivity index (χ1v) is 10.3. The zero-order valence-electron chi connectivity index (χ0n) is 12.7. The van der Waals surface area contributed by atoms with Crippen molar-refractivity contribution in [2.75, 3.05) is 6.61 Å². The average molecular weight is 276 g/mol. The van der Waals surface area contributed by atoms with Crippen LogP contribution in [0.3, 0.4) is 0 Å². The lowest BCUT2D eigenvalue weighted by atomic mass is 10.1. The minimum Gasteiger partial charge on any atom is -0.373 e. The summed E-state index contributed by atoms with van der Waals surface area (Å²) >= 11 is 0. The van der Waals surface area contributed by atoms with Gasteiger partial charge in [0, 0.05) is 0 Å². The molecular formula is C17H28OSi. The topological polar surface area (TPSA) is 9.23 Å². The summed E-state index contributed by atoms with van der Waals surface area (Å²) in [5.74, 6) is 0. The van der Waals surface area contributed by atoms with Gasteiger partial charge in [0.1, 0.15) is 0 Å². The van der Waals surface area contributed by atoms with E-state index in [9.17, 15) is 0 Å².